The molecule has 0 aliphatic heterocycles. The monoisotopic (exact) mass is 334 g/mol. The van der Waals surface area contributed by atoms with E-state index in [0.29, 0.717) is 5.01 Å². The van der Waals surface area contributed by atoms with Crippen LogP contribution in [-0.2, 0) is 4.79 Å². The van der Waals surface area contributed by atoms with E-state index in [1.54, 1.807) is 26.3 Å². The number of benzene rings is 1. The Bertz CT molecular complexity index is 694. The van der Waals surface area contributed by atoms with Crippen molar-refractivity contribution in [1.29, 1.82) is 0 Å². The van der Waals surface area contributed by atoms with E-state index in [4.69, 9.17) is 9.84 Å². The molecule has 122 valence electrons. The first-order chi connectivity index (χ1) is 10.9. The van der Waals surface area contributed by atoms with Crippen molar-refractivity contribution in [2.75, 3.05) is 7.11 Å². The van der Waals surface area contributed by atoms with Crippen LogP contribution < -0.4 is 10.1 Å². The van der Waals surface area contributed by atoms with Crippen molar-refractivity contribution in [3.63, 3.8) is 0 Å². The number of carbonyl (C=O) groups is 2. The summed E-state index contributed by atoms with van der Waals surface area (Å²) < 4.78 is 5.10. The number of nitrogens with one attached hydrogen (secondary N) is 1. The van der Waals surface area contributed by atoms with E-state index < -0.39 is 17.9 Å². The van der Waals surface area contributed by atoms with Gasteiger partial charge in [-0.25, -0.2) is 9.78 Å². The molecule has 1 aromatic carbocycles. The van der Waals surface area contributed by atoms with Crippen molar-refractivity contribution >= 4 is 23.2 Å². The van der Waals surface area contributed by atoms with Crippen molar-refractivity contribution in [2.24, 2.45) is 5.92 Å². The number of rotatable bonds is 6. The molecule has 0 bridgehead atoms. The normalized spacial score (nSPS) is 12.0. The second-order valence-electron chi connectivity index (χ2n) is 5.30. The number of aromatic nitrogens is 1. The maximum Gasteiger partial charge on any atom is 0.326 e. The van der Waals surface area contributed by atoms with Crippen LogP contribution in [0.15, 0.2) is 29.6 Å². The zero-order valence-electron chi connectivity index (χ0n) is 13.1. The van der Waals surface area contributed by atoms with Crippen LogP contribution in [0.3, 0.4) is 0 Å². The van der Waals surface area contributed by atoms with E-state index in [-0.39, 0.29) is 11.6 Å². The van der Waals surface area contributed by atoms with Crippen LogP contribution in [-0.4, -0.2) is 35.1 Å². The van der Waals surface area contributed by atoms with Gasteiger partial charge in [0.05, 0.1) is 7.11 Å². The number of aliphatic carboxylic acids is 1. The van der Waals surface area contributed by atoms with Crippen LogP contribution in [0.5, 0.6) is 5.75 Å². The highest BCUT2D eigenvalue weighted by atomic mass is 32.1. The number of hydrogen-bond donors (Lipinski definition) is 2. The molecule has 0 radical (unpaired) electrons. The van der Waals surface area contributed by atoms with Crippen molar-refractivity contribution in [1.82, 2.24) is 10.3 Å². The molecule has 7 heteroatoms. The second-order valence-corrected chi connectivity index (χ2v) is 6.16. The van der Waals surface area contributed by atoms with Crippen LogP contribution in [0, 0.1) is 5.92 Å². The lowest BCUT2D eigenvalue weighted by molar-refractivity contribution is -0.140. The summed E-state index contributed by atoms with van der Waals surface area (Å²) in [5.41, 5.74) is 1.08. The van der Waals surface area contributed by atoms with E-state index in [1.165, 1.54) is 11.3 Å². The minimum Gasteiger partial charge on any atom is -0.497 e. The van der Waals surface area contributed by atoms with Crippen molar-refractivity contribution in [3.05, 3.63) is 35.3 Å². The Kier molecular flexibility index (Phi) is 5.33. The molecule has 0 saturated heterocycles. The van der Waals surface area contributed by atoms with Crippen molar-refractivity contribution in [2.45, 2.75) is 19.9 Å². The lowest BCUT2D eigenvalue weighted by Crippen LogP contribution is -2.44. The summed E-state index contributed by atoms with van der Waals surface area (Å²) in [7, 11) is 1.59. The number of hydrogen-bond acceptors (Lipinski definition) is 5. The van der Waals surface area contributed by atoms with Gasteiger partial charge in [0.1, 0.15) is 22.5 Å². The molecule has 1 heterocycles. The molecular formula is C16H18N2O4S. The maximum absolute atomic E-state index is 12.2. The van der Waals surface area contributed by atoms with Crippen molar-refractivity contribution in [3.8, 4) is 16.3 Å². The van der Waals surface area contributed by atoms with Gasteiger partial charge in [-0.1, -0.05) is 13.8 Å². The zero-order valence-corrected chi connectivity index (χ0v) is 13.9. The summed E-state index contributed by atoms with van der Waals surface area (Å²) in [6.45, 7) is 3.48. The highest BCUT2D eigenvalue weighted by Gasteiger charge is 2.25. The molecule has 0 spiro atoms. The molecule has 6 nitrogen and oxygen atoms in total. The minimum atomic E-state index is -1.06. The Labute approximate surface area is 138 Å². The Hall–Kier alpha value is -2.41. The molecule has 0 saturated carbocycles. The van der Waals surface area contributed by atoms with Gasteiger partial charge in [-0.3, -0.25) is 4.79 Å². The lowest BCUT2D eigenvalue weighted by Gasteiger charge is -2.16. The SMILES string of the molecule is COc1ccc(-c2nc(C(=O)N[C@@H](C(=O)O)C(C)C)cs2)cc1. The molecular weight excluding hydrogens is 316 g/mol. The molecule has 1 aromatic heterocycles. The van der Waals surface area contributed by atoms with Gasteiger partial charge < -0.3 is 15.2 Å². The Morgan fingerprint density at radius 3 is 2.43 bits per heavy atom. The van der Waals surface area contributed by atoms with Gasteiger partial charge in [0, 0.05) is 10.9 Å². The third kappa shape index (κ3) is 4.07. The van der Waals surface area contributed by atoms with Gasteiger partial charge in [0.15, 0.2) is 0 Å². The van der Waals surface area contributed by atoms with Crippen LogP contribution in [0.25, 0.3) is 10.6 Å². The average molecular weight is 334 g/mol. The molecule has 0 aliphatic rings. The highest BCUT2D eigenvalue weighted by Crippen LogP contribution is 2.25. The smallest absolute Gasteiger partial charge is 0.326 e. The van der Waals surface area contributed by atoms with Gasteiger partial charge in [0.2, 0.25) is 0 Å². The number of thiazole rings is 1. The quantitative estimate of drug-likeness (QED) is 0.848. The average Bonchev–Trinajstić information content (AvgIpc) is 3.01. The Balaban J connectivity index is 2.14. The number of ether oxygens (including phenoxy) is 1. The highest BCUT2D eigenvalue weighted by molar-refractivity contribution is 7.13. The zero-order chi connectivity index (χ0) is 17.0. The van der Waals surface area contributed by atoms with E-state index in [2.05, 4.69) is 10.3 Å². The molecule has 2 aromatic rings. The molecule has 2 rings (SSSR count). The summed E-state index contributed by atoms with van der Waals surface area (Å²) in [5, 5.41) is 13.9. The molecule has 1 amide bonds. The number of amides is 1. The van der Waals surface area contributed by atoms with Gasteiger partial charge in [-0.05, 0) is 30.2 Å². The van der Waals surface area contributed by atoms with Gasteiger partial charge in [0.25, 0.3) is 5.91 Å². The number of nitrogens with zero attached hydrogens (tertiary/aromatic N) is 1. The molecule has 0 aliphatic carbocycles. The fourth-order valence-electron chi connectivity index (χ4n) is 1.97. The molecule has 2 N–H and O–H groups in total. The summed E-state index contributed by atoms with van der Waals surface area (Å²) >= 11 is 1.33. The molecule has 0 unspecified atom stereocenters. The third-order valence-corrected chi connectivity index (χ3v) is 4.18. The number of carbonyl (C=O) groups excluding carboxylic acids is 1. The minimum absolute atomic E-state index is 0.212. The van der Waals surface area contributed by atoms with Gasteiger partial charge >= 0.3 is 5.97 Å². The Morgan fingerprint density at radius 2 is 1.91 bits per heavy atom. The molecule has 0 fully saturated rings. The third-order valence-electron chi connectivity index (χ3n) is 3.29. The summed E-state index contributed by atoms with van der Waals surface area (Å²) in [6, 6.07) is 6.40. The fourth-order valence-corrected chi connectivity index (χ4v) is 2.78. The Morgan fingerprint density at radius 1 is 1.26 bits per heavy atom. The van der Waals surface area contributed by atoms with E-state index in [9.17, 15) is 9.59 Å². The number of methoxy groups -OCH3 is 1. The van der Waals surface area contributed by atoms with Crippen LogP contribution in [0.2, 0.25) is 0 Å². The first-order valence-corrected chi connectivity index (χ1v) is 7.94. The lowest BCUT2D eigenvalue weighted by atomic mass is 10.0. The fraction of sp³-hybridized carbons (Fsp3) is 0.312. The van der Waals surface area contributed by atoms with Gasteiger partial charge in [-0.2, -0.15) is 0 Å². The second kappa shape index (κ2) is 7.23. The maximum atomic E-state index is 12.2. The number of carboxylic acid groups (broad SMARTS) is 1. The van der Waals surface area contributed by atoms with Gasteiger partial charge in [-0.15, -0.1) is 11.3 Å². The first-order valence-electron chi connectivity index (χ1n) is 7.06. The molecule has 23 heavy (non-hydrogen) atoms. The van der Waals surface area contributed by atoms with Crippen LogP contribution >= 0.6 is 11.3 Å². The molecule has 1 atom stereocenters. The predicted molar refractivity (Wildman–Crippen MR) is 87.8 cm³/mol. The number of carboxylic acids is 1. The summed E-state index contributed by atoms with van der Waals surface area (Å²) in [6.07, 6.45) is 0. The largest absolute Gasteiger partial charge is 0.497 e. The van der Waals surface area contributed by atoms with E-state index in [1.807, 2.05) is 24.3 Å². The van der Waals surface area contributed by atoms with Crippen LogP contribution in [0.4, 0.5) is 0 Å². The van der Waals surface area contributed by atoms with Crippen molar-refractivity contribution < 1.29 is 19.4 Å². The first kappa shape index (κ1) is 17.0. The standard InChI is InChI=1S/C16H18N2O4S/c1-9(2)13(16(20)21)18-14(19)12-8-23-15(17-12)10-4-6-11(22-3)7-5-10/h4-9,13H,1-3H3,(H,18,19)(H,20,21)/t13-/m1/s1. The predicted octanol–water partition coefficient (Wildman–Crippen LogP) is 2.66. The summed E-state index contributed by atoms with van der Waals surface area (Å²) in [5.74, 6) is -1.01. The summed E-state index contributed by atoms with van der Waals surface area (Å²) in [4.78, 5) is 27.6. The van der Waals surface area contributed by atoms with E-state index in [0.717, 1.165) is 11.3 Å². The van der Waals surface area contributed by atoms with Crippen LogP contribution in [0.1, 0.15) is 24.3 Å². The topological polar surface area (TPSA) is 88.5 Å². The van der Waals surface area contributed by atoms with E-state index >= 15 is 0 Å².